The van der Waals surface area contributed by atoms with Gasteiger partial charge in [-0.3, -0.25) is 18.6 Å². The number of quaternary nitrogens is 1. The van der Waals surface area contributed by atoms with E-state index in [2.05, 4.69) is 13.8 Å². The van der Waals surface area contributed by atoms with Gasteiger partial charge in [-0.2, -0.15) is 0 Å². The van der Waals surface area contributed by atoms with Crippen LogP contribution in [0.3, 0.4) is 0 Å². The van der Waals surface area contributed by atoms with Crippen LogP contribution in [0.2, 0.25) is 0 Å². The molecule has 0 bridgehead atoms. The number of phosphoric ester groups is 1. The minimum absolute atomic E-state index is 0.0379. The molecular weight excluding hydrogens is 1170 g/mol. The molecule has 2 unspecified atom stereocenters. The zero-order valence-corrected chi connectivity index (χ0v) is 64.7. The van der Waals surface area contributed by atoms with Gasteiger partial charge in [-0.25, -0.2) is 4.57 Å². The minimum atomic E-state index is -4.39. The maximum Gasteiger partial charge on any atom is 0.472 e. The molecule has 0 aromatic rings. The normalized spacial score (nSPS) is 12.9. The fraction of sp³-hybridized carbons (Fsp3) is 0.976. The van der Waals surface area contributed by atoms with Crippen LogP contribution in [-0.2, 0) is 32.7 Å². The summed E-state index contributed by atoms with van der Waals surface area (Å²) in [6.45, 7) is 4.55. The van der Waals surface area contributed by atoms with Gasteiger partial charge in [-0.15, -0.1) is 0 Å². The zero-order valence-electron chi connectivity index (χ0n) is 63.8. The number of carbonyl (C=O) groups excluding carboxylic acids is 2. The highest BCUT2D eigenvalue weighted by Crippen LogP contribution is 2.43. The molecule has 0 aliphatic heterocycles. The van der Waals surface area contributed by atoms with Crippen LogP contribution in [0.5, 0.6) is 0 Å². The lowest BCUT2D eigenvalue weighted by Crippen LogP contribution is -2.37. The van der Waals surface area contributed by atoms with Crippen LogP contribution in [0.4, 0.5) is 0 Å². The van der Waals surface area contributed by atoms with Crippen LogP contribution in [-0.4, -0.2) is 74.9 Å². The number of nitrogens with zero attached hydrogens (tertiary/aromatic N) is 1. The number of likely N-dealkylation sites (N-methyl/N-ethyl adjacent to an activating group) is 1. The van der Waals surface area contributed by atoms with Gasteiger partial charge in [-0.05, 0) is 12.8 Å². The minimum Gasteiger partial charge on any atom is -0.462 e. The van der Waals surface area contributed by atoms with Crippen molar-refractivity contribution in [2.75, 3.05) is 47.5 Å². The molecule has 556 valence electrons. The second-order valence-corrected chi connectivity index (χ2v) is 32.0. The molecule has 0 saturated carbocycles. The van der Waals surface area contributed by atoms with E-state index in [1.54, 1.807) is 0 Å². The molecule has 0 rings (SSSR count). The molecule has 2 atom stereocenters. The molecule has 0 radical (unpaired) electrons. The first-order valence-electron chi connectivity index (χ1n) is 42.3. The van der Waals surface area contributed by atoms with Gasteiger partial charge in [0.25, 0.3) is 0 Å². The van der Waals surface area contributed by atoms with E-state index in [-0.39, 0.29) is 25.6 Å². The zero-order chi connectivity index (χ0) is 67.6. The summed E-state index contributed by atoms with van der Waals surface area (Å²) in [6.07, 6.45) is 94.3. The van der Waals surface area contributed by atoms with E-state index >= 15 is 0 Å². The van der Waals surface area contributed by atoms with Crippen LogP contribution in [0, 0.1) is 0 Å². The van der Waals surface area contributed by atoms with Crippen LogP contribution in [0.15, 0.2) is 0 Å². The van der Waals surface area contributed by atoms with Crippen molar-refractivity contribution in [1.82, 2.24) is 0 Å². The number of carbonyl (C=O) groups is 2. The number of hydrogen-bond acceptors (Lipinski definition) is 7. The highest BCUT2D eigenvalue weighted by molar-refractivity contribution is 7.47. The number of hydrogen-bond donors (Lipinski definition) is 1. The third kappa shape index (κ3) is 79.9. The van der Waals surface area contributed by atoms with Crippen LogP contribution in [0.25, 0.3) is 0 Å². The van der Waals surface area contributed by atoms with Crippen molar-refractivity contribution in [2.24, 2.45) is 0 Å². The lowest BCUT2D eigenvalue weighted by molar-refractivity contribution is -0.870. The summed E-state index contributed by atoms with van der Waals surface area (Å²) >= 11 is 0. The van der Waals surface area contributed by atoms with Gasteiger partial charge in [0.15, 0.2) is 6.10 Å². The Kier molecular flexibility index (Phi) is 74.4. The molecular formula is C83H167NO8P+. The first-order valence-corrected chi connectivity index (χ1v) is 43.8. The van der Waals surface area contributed by atoms with Gasteiger partial charge >= 0.3 is 19.8 Å². The SMILES string of the molecule is CCCCCCCCCCCCCCCCCCCCCCCCCCCCCCCCCCCCCCCCCCCC(=O)OC(COC(=O)CCCCCCCCCCCCCCCCCCCCCCCCCCCCCC)COP(=O)(O)OCC[N+](C)(C)C. The van der Waals surface area contributed by atoms with Crippen molar-refractivity contribution in [2.45, 2.75) is 476 Å². The molecule has 10 heteroatoms. The molecule has 93 heavy (non-hydrogen) atoms. The number of ether oxygens (including phenoxy) is 2. The topological polar surface area (TPSA) is 108 Å². The molecule has 0 spiro atoms. The second kappa shape index (κ2) is 75.2. The van der Waals surface area contributed by atoms with Crippen LogP contribution < -0.4 is 0 Å². The largest absolute Gasteiger partial charge is 0.472 e. The molecule has 1 N–H and O–H groups in total. The third-order valence-electron chi connectivity index (χ3n) is 19.9. The molecule has 0 fully saturated rings. The fourth-order valence-electron chi connectivity index (χ4n) is 13.4. The van der Waals surface area contributed by atoms with Crippen LogP contribution in [0.1, 0.15) is 470 Å². The Morgan fingerprint density at radius 2 is 0.484 bits per heavy atom. The third-order valence-corrected chi connectivity index (χ3v) is 20.9. The molecule has 0 aromatic heterocycles. The monoisotopic (exact) mass is 1340 g/mol. The number of unbranched alkanes of at least 4 members (excludes halogenated alkanes) is 67. The van der Waals surface area contributed by atoms with Crippen molar-refractivity contribution in [3.05, 3.63) is 0 Å². The van der Waals surface area contributed by atoms with Gasteiger partial charge in [-0.1, -0.05) is 444 Å². The lowest BCUT2D eigenvalue weighted by atomic mass is 10.0. The Morgan fingerprint density at radius 3 is 0.688 bits per heavy atom. The number of esters is 2. The van der Waals surface area contributed by atoms with E-state index in [0.29, 0.717) is 17.4 Å². The molecule has 9 nitrogen and oxygen atoms in total. The Morgan fingerprint density at radius 1 is 0.290 bits per heavy atom. The van der Waals surface area contributed by atoms with Gasteiger partial charge in [0, 0.05) is 12.8 Å². The Balaban J connectivity index is 3.83. The fourth-order valence-corrected chi connectivity index (χ4v) is 14.2. The molecule has 0 aliphatic rings. The van der Waals surface area contributed by atoms with Gasteiger partial charge in [0.05, 0.1) is 27.7 Å². The smallest absolute Gasteiger partial charge is 0.462 e. The summed E-state index contributed by atoms with van der Waals surface area (Å²) in [7, 11) is 1.51. The van der Waals surface area contributed by atoms with Crippen molar-refractivity contribution >= 4 is 19.8 Å². The molecule has 0 aromatic carbocycles. The van der Waals surface area contributed by atoms with E-state index in [0.717, 1.165) is 38.5 Å². The summed E-state index contributed by atoms with van der Waals surface area (Å²) in [5, 5.41) is 0. The Labute approximate surface area is 582 Å². The summed E-state index contributed by atoms with van der Waals surface area (Å²) in [5.41, 5.74) is 0. The maximum absolute atomic E-state index is 12.9. The molecule has 0 amide bonds. The lowest BCUT2D eigenvalue weighted by Gasteiger charge is -2.24. The van der Waals surface area contributed by atoms with E-state index in [9.17, 15) is 19.0 Å². The maximum atomic E-state index is 12.9. The van der Waals surface area contributed by atoms with Crippen LogP contribution >= 0.6 is 7.82 Å². The van der Waals surface area contributed by atoms with Crippen molar-refractivity contribution < 1.29 is 42.1 Å². The van der Waals surface area contributed by atoms with Gasteiger partial charge in [0.2, 0.25) is 0 Å². The van der Waals surface area contributed by atoms with E-state index < -0.39 is 26.5 Å². The van der Waals surface area contributed by atoms with Crippen molar-refractivity contribution in [1.29, 1.82) is 0 Å². The van der Waals surface area contributed by atoms with Gasteiger partial charge in [0.1, 0.15) is 19.8 Å². The Bertz CT molecular complexity index is 1520. The first kappa shape index (κ1) is 92.0. The summed E-state index contributed by atoms with van der Waals surface area (Å²) in [6, 6.07) is 0. The first-order chi connectivity index (χ1) is 45.5. The van der Waals surface area contributed by atoms with E-state index in [1.165, 1.54) is 405 Å². The highest BCUT2D eigenvalue weighted by Gasteiger charge is 2.27. The molecule has 0 heterocycles. The average Bonchev–Trinajstić information content (AvgIpc) is 2.30. The average molecular weight is 1340 g/mol. The summed E-state index contributed by atoms with van der Waals surface area (Å²) < 4.78 is 34.9. The summed E-state index contributed by atoms with van der Waals surface area (Å²) in [5.74, 6) is -0.764. The molecule has 0 saturated heterocycles. The highest BCUT2D eigenvalue weighted by atomic mass is 31.2. The Hall–Kier alpha value is -0.990. The second-order valence-electron chi connectivity index (χ2n) is 30.6. The molecule has 0 aliphatic carbocycles. The van der Waals surface area contributed by atoms with Crippen molar-refractivity contribution in [3.63, 3.8) is 0 Å². The van der Waals surface area contributed by atoms with Gasteiger partial charge < -0.3 is 18.9 Å². The van der Waals surface area contributed by atoms with E-state index in [1.807, 2.05) is 21.1 Å². The van der Waals surface area contributed by atoms with Crippen molar-refractivity contribution in [3.8, 4) is 0 Å². The number of rotatable bonds is 81. The predicted octanol–water partition coefficient (Wildman–Crippen LogP) is 28.0. The number of phosphoric acid groups is 1. The quantitative estimate of drug-likeness (QED) is 0.0278. The standard InChI is InChI=1S/C83H166NO8P/c1-6-8-10-12-14-16-18-20-22-24-26-28-30-32-34-36-37-38-39-40-41-42-43-44-45-46-47-48-50-52-54-56-58-60-62-64-66-68-70-72-74-76-83(86)92-81(80-91-93(87,88)90-78-77-84(3,4)5)79-89-82(85)75-73-71-69-67-65-63-61-59-57-55-53-51-49-35-33-31-29-27-25-23-21-19-17-15-13-11-9-7-2/h81H,6-80H2,1-5H3/p+1. The predicted molar refractivity (Wildman–Crippen MR) is 405 cm³/mol. The van der Waals surface area contributed by atoms with E-state index in [4.69, 9.17) is 18.5 Å². The summed E-state index contributed by atoms with van der Waals surface area (Å²) in [4.78, 5) is 36.0.